The Hall–Kier alpha value is -3.51. The van der Waals surface area contributed by atoms with Crippen LogP contribution in [0.25, 0.3) is 16.8 Å². The molecule has 0 unspecified atom stereocenters. The number of hydrogen-bond donors (Lipinski definition) is 3. The van der Waals surface area contributed by atoms with E-state index in [-0.39, 0.29) is 12.3 Å². The first-order valence-electron chi connectivity index (χ1n) is 8.00. The Morgan fingerprint density at radius 2 is 1.85 bits per heavy atom. The molecule has 0 saturated heterocycles. The van der Waals surface area contributed by atoms with Crippen LogP contribution in [0.5, 0.6) is 0 Å². The zero-order valence-corrected chi connectivity index (χ0v) is 13.8. The molecule has 1 aromatic heterocycles. The van der Waals surface area contributed by atoms with Crippen molar-refractivity contribution in [2.75, 3.05) is 5.32 Å². The topological polar surface area (TPSA) is 91.3 Å². The standard InChI is InChI=1S/C20H17N3O3/c24-19(23-26)10-9-17-7-8-18(13-21-17)22-20(25)12-14-5-6-15-3-1-2-4-16(15)11-14/h1-11,13,26H,12H2,(H,22,25)(H,23,24)/b10-9+. The van der Waals surface area contributed by atoms with Crippen molar-refractivity contribution >= 4 is 34.4 Å². The van der Waals surface area contributed by atoms with Crippen molar-refractivity contribution in [1.82, 2.24) is 10.5 Å². The first kappa shape index (κ1) is 17.3. The van der Waals surface area contributed by atoms with Gasteiger partial charge in [0.2, 0.25) is 5.91 Å². The highest BCUT2D eigenvalue weighted by atomic mass is 16.5. The average Bonchev–Trinajstić information content (AvgIpc) is 2.67. The quantitative estimate of drug-likeness (QED) is 0.376. The Kier molecular flexibility index (Phi) is 5.36. The lowest BCUT2D eigenvalue weighted by molar-refractivity contribution is -0.124. The summed E-state index contributed by atoms with van der Waals surface area (Å²) in [5, 5.41) is 13.5. The van der Waals surface area contributed by atoms with Gasteiger partial charge in [-0.2, -0.15) is 0 Å². The number of carbonyl (C=O) groups excluding carboxylic acids is 2. The summed E-state index contributed by atoms with van der Waals surface area (Å²) in [5.74, 6) is -0.774. The van der Waals surface area contributed by atoms with E-state index in [9.17, 15) is 9.59 Å². The normalized spacial score (nSPS) is 10.8. The third-order valence-corrected chi connectivity index (χ3v) is 3.76. The van der Waals surface area contributed by atoms with Gasteiger partial charge >= 0.3 is 0 Å². The number of hydroxylamine groups is 1. The van der Waals surface area contributed by atoms with Crippen molar-refractivity contribution in [3.05, 3.63) is 78.1 Å². The van der Waals surface area contributed by atoms with Crippen molar-refractivity contribution in [3.8, 4) is 0 Å². The number of aromatic nitrogens is 1. The molecule has 0 aliphatic heterocycles. The molecule has 3 N–H and O–H groups in total. The minimum Gasteiger partial charge on any atom is -0.324 e. The number of nitrogens with zero attached hydrogens (tertiary/aromatic N) is 1. The van der Waals surface area contributed by atoms with Crippen molar-refractivity contribution in [1.29, 1.82) is 0 Å². The maximum Gasteiger partial charge on any atom is 0.267 e. The number of benzene rings is 2. The minimum absolute atomic E-state index is 0.134. The highest BCUT2D eigenvalue weighted by molar-refractivity contribution is 5.93. The fourth-order valence-corrected chi connectivity index (χ4v) is 2.52. The molecule has 0 fully saturated rings. The number of pyridine rings is 1. The number of nitrogens with one attached hydrogen (secondary N) is 2. The largest absolute Gasteiger partial charge is 0.324 e. The van der Waals surface area contributed by atoms with Crippen LogP contribution in [0.2, 0.25) is 0 Å². The number of anilines is 1. The van der Waals surface area contributed by atoms with E-state index in [1.165, 1.54) is 17.8 Å². The van der Waals surface area contributed by atoms with E-state index in [1.54, 1.807) is 12.1 Å². The second-order valence-corrected chi connectivity index (χ2v) is 5.69. The van der Waals surface area contributed by atoms with Crippen molar-refractivity contribution < 1.29 is 14.8 Å². The highest BCUT2D eigenvalue weighted by Gasteiger charge is 2.05. The second-order valence-electron chi connectivity index (χ2n) is 5.69. The van der Waals surface area contributed by atoms with E-state index >= 15 is 0 Å². The van der Waals surface area contributed by atoms with Crippen LogP contribution in [0.15, 0.2) is 66.9 Å². The molecule has 0 radical (unpaired) electrons. The van der Waals surface area contributed by atoms with Crippen LogP contribution in [0, 0.1) is 0 Å². The molecule has 0 saturated carbocycles. The van der Waals surface area contributed by atoms with E-state index in [4.69, 9.17) is 5.21 Å². The molecule has 3 aromatic rings. The van der Waals surface area contributed by atoms with Crippen LogP contribution >= 0.6 is 0 Å². The summed E-state index contributed by atoms with van der Waals surface area (Å²) in [7, 11) is 0. The molecule has 0 aliphatic carbocycles. The summed E-state index contributed by atoms with van der Waals surface area (Å²) in [6.07, 6.45) is 4.38. The summed E-state index contributed by atoms with van der Waals surface area (Å²) < 4.78 is 0. The third-order valence-electron chi connectivity index (χ3n) is 3.76. The van der Waals surface area contributed by atoms with Crippen LogP contribution in [-0.4, -0.2) is 22.0 Å². The zero-order valence-electron chi connectivity index (χ0n) is 13.8. The fraction of sp³-hybridized carbons (Fsp3) is 0.0500. The highest BCUT2D eigenvalue weighted by Crippen LogP contribution is 2.16. The van der Waals surface area contributed by atoms with Crippen LogP contribution < -0.4 is 10.8 Å². The van der Waals surface area contributed by atoms with Crippen LogP contribution in [-0.2, 0) is 16.0 Å². The maximum absolute atomic E-state index is 12.2. The lowest BCUT2D eigenvalue weighted by Gasteiger charge is -2.06. The zero-order chi connectivity index (χ0) is 18.4. The van der Waals surface area contributed by atoms with Gasteiger partial charge in [-0.25, -0.2) is 5.48 Å². The van der Waals surface area contributed by atoms with Crippen molar-refractivity contribution in [2.24, 2.45) is 0 Å². The number of rotatable bonds is 5. The molecule has 0 spiro atoms. The Labute approximate surface area is 150 Å². The Balaban J connectivity index is 1.62. The molecule has 0 aliphatic rings. The first-order valence-corrected chi connectivity index (χ1v) is 8.00. The summed E-state index contributed by atoms with van der Waals surface area (Å²) in [5.41, 5.74) is 3.53. The average molecular weight is 347 g/mol. The Morgan fingerprint density at radius 3 is 2.58 bits per heavy atom. The molecule has 2 amide bonds. The summed E-state index contributed by atoms with van der Waals surface area (Å²) in [4.78, 5) is 27.3. The molecule has 1 heterocycles. The van der Waals surface area contributed by atoms with Gasteiger partial charge in [0.05, 0.1) is 24.0 Å². The molecule has 3 rings (SSSR count). The molecule has 130 valence electrons. The smallest absolute Gasteiger partial charge is 0.267 e. The van der Waals surface area contributed by atoms with E-state index < -0.39 is 5.91 Å². The molecule has 6 heteroatoms. The molecular weight excluding hydrogens is 330 g/mol. The second kappa shape index (κ2) is 8.04. The van der Waals surface area contributed by atoms with Crippen LogP contribution in [0.4, 0.5) is 5.69 Å². The Bertz CT molecular complexity index is 965. The number of hydrogen-bond acceptors (Lipinski definition) is 4. The van der Waals surface area contributed by atoms with Gasteiger partial charge in [0.25, 0.3) is 5.91 Å². The van der Waals surface area contributed by atoms with Gasteiger partial charge in [0.1, 0.15) is 0 Å². The van der Waals surface area contributed by atoms with Gasteiger partial charge in [0, 0.05) is 6.08 Å². The van der Waals surface area contributed by atoms with Gasteiger partial charge in [-0.05, 0) is 34.5 Å². The molecule has 0 bridgehead atoms. The summed E-state index contributed by atoms with van der Waals surface area (Å²) in [6.45, 7) is 0. The summed E-state index contributed by atoms with van der Waals surface area (Å²) in [6, 6.07) is 17.3. The fourth-order valence-electron chi connectivity index (χ4n) is 2.52. The molecule has 0 atom stereocenters. The predicted octanol–water partition coefficient (Wildman–Crippen LogP) is 2.93. The number of carbonyl (C=O) groups is 2. The van der Waals surface area contributed by atoms with E-state index in [2.05, 4.69) is 10.3 Å². The SMILES string of the molecule is O=C(/C=C/c1ccc(NC(=O)Cc2ccc3ccccc3c2)cn1)NO. The number of fused-ring (bicyclic) bond motifs is 1. The van der Waals surface area contributed by atoms with Crippen molar-refractivity contribution in [2.45, 2.75) is 6.42 Å². The molecular formula is C20H17N3O3. The van der Waals surface area contributed by atoms with Gasteiger partial charge in [-0.3, -0.25) is 19.8 Å². The van der Waals surface area contributed by atoms with Crippen LogP contribution in [0.1, 0.15) is 11.3 Å². The van der Waals surface area contributed by atoms with Crippen LogP contribution in [0.3, 0.4) is 0 Å². The first-order chi connectivity index (χ1) is 12.6. The van der Waals surface area contributed by atoms with Crippen molar-refractivity contribution in [3.63, 3.8) is 0 Å². The molecule has 2 aromatic carbocycles. The van der Waals surface area contributed by atoms with Gasteiger partial charge in [0.15, 0.2) is 0 Å². The summed E-state index contributed by atoms with van der Waals surface area (Å²) >= 11 is 0. The molecule has 6 nitrogen and oxygen atoms in total. The predicted molar refractivity (Wildman–Crippen MR) is 99.5 cm³/mol. The maximum atomic E-state index is 12.2. The third kappa shape index (κ3) is 4.52. The van der Waals surface area contributed by atoms with Gasteiger partial charge in [-0.1, -0.05) is 42.5 Å². The molecule has 26 heavy (non-hydrogen) atoms. The lowest BCUT2D eigenvalue weighted by Crippen LogP contribution is -2.15. The van der Waals surface area contributed by atoms with Gasteiger partial charge < -0.3 is 5.32 Å². The van der Waals surface area contributed by atoms with Gasteiger partial charge in [-0.15, -0.1) is 0 Å². The monoisotopic (exact) mass is 347 g/mol. The number of amides is 2. The van der Waals surface area contributed by atoms with E-state index in [0.29, 0.717) is 11.4 Å². The van der Waals surface area contributed by atoms with E-state index in [1.807, 2.05) is 42.5 Å². The Morgan fingerprint density at radius 1 is 1.04 bits per heavy atom. The van der Waals surface area contributed by atoms with E-state index in [0.717, 1.165) is 22.4 Å². The minimum atomic E-state index is -0.639. The lowest BCUT2D eigenvalue weighted by atomic mass is 10.0.